The zero-order valence-corrected chi connectivity index (χ0v) is 18.4. The Kier molecular flexibility index (Phi) is 7.18. The van der Waals surface area contributed by atoms with Gasteiger partial charge in [0, 0.05) is 6.54 Å². The minimum absolute atomic E-state index is 0.00133. The van der Waals surface area contributed by atoms with E-state index in [2.05, 4.69) is 16.0 Å². The lowest BCUT2D eigenvalue weighted by atomic mass is 10.1. The first kappa shape index (κ1) is 21.6. The van der Waals surface area contributed by atoms with Gasteiger partial charge in [-0.1, -0.05) is 60.7 Å². The van der Waals surface area contributed by atoms with Crippen LogP contribution in [0.15, 0.2) is 84.9 Å². The fourth-order valence-corrected chi connectivity index (χ4v) is 3.88. The predicted octanol–water partition coefficient (Wildman–Crippen LogP) is 5.32. The fraction of sp³-hybridized carbons (Fsp3) is 0.259. The maximum atomic E-state index is 12.6. The third kappa shape index (κ3) is 5.55. The fourth-order valence-electron chi connectivity index (χ4n) is 3.88. The number of aromatic nitrogens is 2. The molecule has 0 aliphatic rings. The SMILES string of the molecule is CC(NC(=O)Cc1ccccc1)c1nc2ccccc2n1CCCCOc1ccccc1. The zero-order chi connectivity index (χ0) is 22.2. The minimum Gasteiger partial charge on any atom is -0.494 e. The lowest BCUT2D eigenvalue weighted by Crippen LogP contribution is -2.30. The van der Waals surface area contributed by atoms with Crippen molar-refractivity contribution in [1.82, 2.24) is 14.9 Å². The second kappa shape index (κ2) is 10.6. The summed E-state index contributed by atoms with van der Waals surface area (Å²) in [5, 5.41) is 3.12. The van der Waals surface area contributed by atoms with Gasteiger partial charge >= 0.3 is 0 Å². The largest absolute Gasteiger partial charge is 0.494 e. The van der Waals surface area contributed by atoms with E-state index in [4.69, 9.17) is 9.72 Å². The lowest BCUT2D eigenvalue weighted by molar-refractivity contribution is -0.121. The molecule has 5 heteroatoms. The van der Waals surface area contributed by atoms with Gasteiger partial charge in [-0.15, -0.1) is 0 Å². The first-order chi connectivity index (χ1) is 15.7. The van der Waals surface area contributed by atoms with Crippen LogP contribution in [0.25, 0.3) is 11.0 Å². The van der Waals surface area contributed by atoms with Crippen LogP contribution in [0.2, 0.25) is 0 Å². The number of imidazole rings is 1. The number of carbonyl (C=O) groups excluding carboxylic acids is 1. The van der Waals surface area contributed by atoms with Gasteiger partial charge in [0.2, 0.25) is 5.91 Å². The highest BCUT2D eigenvalue weighted by atomic mass is 16.5. The highest BCUT2D eigenvalue weighted by Crippen LogP contribution is 2.22. The number of carbonyl (C=O) groups is 1. The number of benzene rings is 3. The van der Waals surface area contributed by atoms with E-state index >= 15 is 0 Å². The molecule has 32 heavy (non-hydrogen) atoms. The minimum atomic E-state index is -0.181. The number of amides is 1. The summed E-state index contributed by atoms with van der Waals surface area (Å²) in [6.07, 6.45) is 2.27. The smallest absolute Gasteiger partial charge is 0.224 e. The lowest BCUT2D eigenvalue weighted by Gasteiger charge is -2.16. The van der Waals surface area contributed by atoms with E-state index in [9.17, 15) is 4.79 Å². The Bertz CT molecular complexity index is 1140. The van der Waals surface area contributed by atoms with Crippen molar-refractivity contribution in [3.05, 3.63) is 96.3 Å². The highest BCUT2D eigenvalue weighted by molar-refractivity contribution is 5.79. The molecule has 4 aromatic rings. The van der Waals surface area contributed by atoms with Crippen molar-refractivity contribution in [3.63, 3.8) is 0 Å². The third-order valence-corrected chi connectivity index (χ3v) is 5.44. The van der Waals surface area contributed by atoms with Crippen LogP contribution in [-0.4, -0.2) is 22.1 Å². The van der Waals surface area contributed by atoms with E-state index in [-0.39, 0.29) is 11.9 Å². The van der Waals surface area contributed by atoms with Gasteiger partial charge in [0.25, 0.3) is 0 Å². The Morgan fingerprint density at radius 3 is 2.41 bits per heavy atom. The number of hydrogen-bond donors (Lipinski definition) is 1. The van der Waals surface area contributed by atoms with Crippen LogP contribution >= 0.6 is 0 Å². The van der Waals surface area contributed by atoms with Crippen molar-refractivity contribution in [2.24, 2.45) is 0 Å². The standard InChI is InChI=1S/C27H29N3O2/c1-21(28-26(31)20-22-12-4-2-5-13-22)27-29-24-16-8-9-17-25(24)30(27)18-10-11-19-32-23-14-6-3-7-15-23/h2-9,12-17,21H,10-11,18-20H2,1H3,(H,28,31). The van der Waals surface area contributed by atoms with E-state index in [1.807, 2.05) is 85.8 Å². The van der Waals surface area contributed by atoms with Gasteiger partial charge < -0.3 is 14.6 Å². The molecular weight excluding hydrogens is 398 g/mol. The van der Waals surface area contributed by atoms with E-state index in [1.165, 1.54) is 0 Å². The molecule has 0 spiro atoms. The molecule has 0 radical (unpaired) electrons. The molecule has 1 atom stereocenters. The summed E-state index contributed by atoms with van der Waals surface area (Å²) < 4.78 is 8.05. The van der Waals surface area contributed by atoms with Gasteiger partial charge in [-0.3, -0.25) is 4.79 Å². The van der Waals surface area contributed by atoms with Crippen molar-refractivity contribution in [1.29, 1.82) is 0 Å². The summed E-state index contributed by atoms with van der Waals surface area (Å²) in [7, 11) is 0. The Hall–Kier alpha value is -3.60. The molecule has 0 aliphatic heterocycles. The number of nitrogens with zero attached hydrogens (tertiary/aromatic N) is 2. The molecule has 1 unspecified atom stereocenters. The quantitative estimate of drug-likeness (QED) is 0.349. The average Bonchev–Trinajstić information content (AvgIpc) is 3.19. The molecule has 0 fully saturated rings. The summed E-state index contributed by atoms with van der Waals surface area (Å²) in [4.78, 5) is 17.4. The number of unbranched alkanes of at least 4 members (excludes halogenated alkanes) is 1. The van der Waals surface area contributed by atoms with Crippen molar-refractivity contribution in [3.8, 4) is 5.75 Å². The molecule has 1 amide bonds. The van der Waals surface area contributed by atoms with Crippen LogP contribution in [0.4, 0.5) is 0 Å². The van der Waals surface area contributed by atoms with Crippen molar-refractivity contribution < 1.29 is 9.53 Å². The number of fused-ring (bicyclic) bond motifs is 1. The van der Waals surface area contributed by atoms with Gasteiger partial charge in [0.05, 0.1) is 30.1 Å². The molecule has 0 saturated heterocycles. The summed E-state index contributed by atoms with van der Waals surface area (Å²) >= 11 is 0. The topological polar surface area (TPSA) is 56.2 Å². The number of nitrogens with one attached hydrogen (secondary N) is 1. The monoisotopic (exact) mass is 427 g/mol. The van der Waals surface area contributed by atoms with Crippen LogP contribution in [0, 0.1) is 0 Å². The van der Waals surface area contributed by atoms with Gasteiger partial charge in [-0.05, 0) is 49.6 Å². The average molecular weight is 428 g/mol. The number of hydrogen-bond acceptors (Lipinski definition) is 3. The Labute approximate surface area is 189 Å². The van der Waals surface area contributed by atoms with E-state index in [1.54, 1.807) is 0 Å². The second-order valence-electron chi connectivity index (χ2n) is 7.93. The summed E-state index contributed by atoms with van der Waals surface area (Å²) in [5.74, 6) is 1.78. The molecule has 0 saturated carbocycles. The Morgan fingerprint density at radius 2 is 1.62 bits per heavy atom. The van der Waals surface area contributed by atoms with Crippen LogP contribution in [-0.2, 0) is 17.8 Å². The maximum Gasteiger partial charge on any atom is 0.224 e. The van der Waals surface area contributed by atoms with Crippen LogP contribution in [0.5, 0.6) is 5.75 Å². The molecule has 5 nitrogen and oxygen atoms in total. The summed E-state index contributed by atoms with van der Waals surface area (Å²) in [6.45, 7) is 3.50. The van der Waals surface area contributed by atoms with E-state index < -0.39 is 0 Å². The number of para-hydroxylation sites is 3. The highest BCUT2D eigenvalue weighted by Gasteiger charge is 2.18. The molecule has 0 bridgehead atoms. The zero-order valence-electron chi connectivity index (χ0n) is 18.4. The van der Waals surface area contributed by atoms with Gasteiger partial charge in [-0.25, -0.2) is 4.98 Å². The molecule has 3 aromatic carbocycles. The third-order valence-electron chi connectivity index (χ3n) is 5.44. The second-order valence-corrected chi connectivity index (χ2v) is 7.93. The molecule has 1 aromatic heterocycles. The van der Waals surface area contributed by atoms with Gasteiger partial charge in [0.1, 0.15) is 11.6 Å². The van der Waals surface area contributed by atoms with Crippen molar-refractivity contribution in [2.75, 3.05) is 6.61 Å². The molecule has 1 N–H and O–H groups in total. The van der Waals surface area contributed by atoms with Crippen molar-refractivity contribution in [2.45, 2.75) is 38.8 Å². The predicted molar refractivity (Wildman–Crippen MR) is 128 cm³/mol. The summed E-state index contributed by atoms with van der Waals surface area (Å²) in [6, 6.07) is 27.6. The van der Waals surface area contributed by atoms with Crippen LogP contribution in [0.1, 0.15) is 37.2 Å². The van der Waals surface area contributed by atoms with E-state index in [0.29, 0.717) is 13.0 Å². The number of aryl methyl sites for hydroxylation is 1. The van der Waals surface area contributed by atoms with Crippen molar-refractivity contribution >= 4 is 16.9 Å². The van der Waals surface area contributed by atoms with Crippen LogP contribution in [0.3, 0.4) is 0 Å². The molecule has 0 aliphatic carbocycles. The molecule has 164 valence electrons. The maximum absolute atomic E-state index is 12.6. The Balaban J connectivity index is 1.39. The van der Waals surface area contributed by atoms with E-state index in [0.717, 1.165) is 47.6 Å². The first-order valence-corrected chi connectivity index (χ1v) is 11.2. The molecular formula is C27H29N3O2. The Morgan fingerprint density at radius 1 is 0.938 bits per heavy atom. The molecule has 1 heterocycles. The summed E-state index contributed by atoms with van der Waals surface area (Å²) in [5.41, 5.74) is 3.05. The van der Waals surface area contributed by atoms with Gasteiger partial charge in [0.15, 0.2) is 0 Å². The normalized spacial score (nSPS) is 11.9. The van der Waals surface area contributed by atoms with Crippen LogP contribution < -0.4 is 10.1 Å². The number of rotatable bonds is 10. The molecule has 4 rings (SSSR count). The first-order valence-electron chi connectivity index (χ1n) is 11.2. The van der Waals surface area contributed by atoms with Gasteiger partial charge in [-0.2, -0.15) is 0 Å². The number of ether oxygens (including phenoxy) is 1.